The molecule has 1 heterocycles. The lowest BCUT2D eigenvalue weighted by atomic mass is 10.1. The Hall–Kier alpha value is -3.20. The Kier molecular flexibility index (Phi) is 5.97. The number of rotatable bonds is 7. The van der Waals surface area contributed by atoms with Crippen molar-refractivity contribution in [1.29, 1.82) is 0 Å². The summed E-state index contributed by atoms with van der Waals surface area (Å²) in [5.41, 5.74) is 3.61. The Morgan fingerprint density at radius 1 is 1.00 bits per heavy atom. The van der Waals surface area contributed by atoms with Crippen LogP contribution in [0.4, 0.5) is 33.2 Å². The Bertz CT molecular complexity index is 1120. The van der Waals surface area contributed by atoms with Crippen LogP contribution in [-0.4, -0.2) is 24.1 Å². The zero-order chi connectivity index (χ0) is 21.0. The monoisotopic (exact) mass is 415 g/mol. The van der Waals surface area contributed by atoms with E-state index in [1.54, 1.807) is 24.3 Å². The van der Waals surface area contributed by atoms with E-state index in [1.807, 2.05) is 32.0 Å². The highest BCUT2D eigenvalue weighted by Crippen LogP contribution is 2.27. The van der Waals surface area contributed by atoms with E-state index in [0.29, 0.717) is 11.4 Å². The fourth-order valence-corrected chi connectivity index (χ4v) is 3.40. The summed E-state index contributed by atoms with van der Waals surface area (Å²) in [6.45, 7) is 5.49. The van der Waals surface area contributed by atoms with E-state index in [4.69, 9.17) is 0 Å². The van der Waals surface area contributed by atoms with Crippen LogP contribution in [-0.2, 0) is 10.0 Å². The van der Waals surface area contributed by atoms with Crippen molar-refractivity contribution in [2.75, 3.05) is 21.1 Å². The summed E-state index contributed by atoms with van der Waals surface area (Å²) in [5.74, 6) is -0.600. The second kappa shape index (κ2) is 8.44. The van der Waals surface area contributed by atoms with Crippen molar-refractivity contribution in [2.45, 2.75) is 20.8 Å². The van der Waals surface area contributed by atoms with Gasteiger partial charge in [0.15, 0.2) is 11.6 Å². The molecular formula is C20H22FN5O2S. The maximum Gasteiger partial charge on any atom is 0.232 e. The van der Waals surface area contributed by atoms with Gasteiger partial charge in [0.1, 0.15) is 0 Å². The number of aromatic nitrogens is 2. The zero-order valence-corrected chi connectivity index (χ0v) is 17.1. The molecule has 2 aromatic carbocycles. The number of halogens is 1. The molecule has 3 N–H and O–H groups in total. The van der Waals surface area contributed by atoms with Gasteiger partial charge in [-0.15, -0.1) is 0 Å². The highest BCUT2D eigenvalue weighted by molar-refractivity contribution is 7.92. The Balaban J connectivity index is 1.88. The lowest BCUT2D eigenvalue weighted by Crippen LogP contribution is -2.15. The summed E-state index contributed by atoms with van der Waals surface area (Å²) in [7, 11) is -3.48. The molecule has 152 valence electrons. The first-order valence-corrected chi connectivity index (χ1v) is 10.7. The molecule has 0 bridgehead atoms. The maximum absolute atomic E-state index is 14.3. The average molecular weight is 415 g/mol. The molecule has 0 atom stereocenters. The summed E-state index contributed by atoms with van der Waals surface area (Å²) in [6, 6.07) is 12.5. The van der Waals surface area contributed by atoms with Crippen molar-refractivity contribution in [2.24, 2.45) is 0 Å². The molecule has 0 amide bonds. The van der Waals surface area contributed by atoms with Crippen LogP contribution in [0, 0.1) is 19.7 Å². The van der Waals surface area contributed by atoms with Crippen molar-refractivity contribution >= 4 is 38.9 Å². The van der Waals surface area contributed by atoms with E-state index < -0.39 is 15.8 Å². The first-order chi connectivity index (χ1) is 13.8. The first kappa shape index (κ1) is 20.5. The summed E-state index contributed by atoms with van der Waals surface area (Å²) in [4.78, 5) is 8.18. The van der Waals surface area contributed by atoms with E-state index in [-0.39, 0.29) is 17.5 Å². The number of benzene rings is 2. The molecule has 29 heavy (non-hydrogen) atoms. The van der Waals surface area contributed by atoms with Gasteiger partial charge in [-0.2, -0.15) is 4.98 Å². The van der Waals surface area contributed by atoms with E-state index in [1.165, 1.54) is 6.92 Å². The van der Waals surface area contributed by atoms with Crippen LogP contribution >= 0.6 is 0 Å². The fraction of sp³-hybridized carbons (Fsp3) is 0.200. The molecule has 0 aliphatic carbocycles. The molecule has 0 fully saturated rings. The molecule has 0 aliphatic heterocycles. The number of hydrogen-bond donors (Lipinski definition) is 3. The summed E-state index contributed by atoms with van der Waals surface area (Å²) < 4.78 is 40.6. The molecule has 0 spiro atoms. The molecule has 7 nitrogen and oxygen atoms in total. The standard InChI is InChI=1S/C20H22FN5O2S/c1-4-29(27,28)26-18-8-6-5-7-17(18)24-19-16(21)12-22-20(25-19)23-15-10-13(2)9-14(3)11-15/h5-12,26H,4H2,1-3H3,(H2,22,23,24,25). The van der Waals surface area contributed by atoms with Gasteiger partial charge in [0.2, 0.25) is 16.0 Å². The lowest BCUT2D eigenvalue weighted by Gasteiger charge is -2.14. The number of sulfonamides is 1. The average Bonchev–Trinajstić information content (AvgIpc) is 2.65. The van der Waals surface area contributed by atoms with Gasteiger partial charge < -0.3 is 10.6 Å². The minimum absolute atomic E-state index is 0.0741. The Morgan fingerprint density at radius 2 is 1.66 bits per heavy atom. The minimum atomic E-state index is -3.48. The topological polar surface area (TPSA) is 96.0 Å². The van der Waals surface area contributed by atoms with Gasteiger partial charge in [-0.05, 0) is 56.2 Å². The summed E-state index contributed by atoms with van der Waals surface area (Å²) >= 11 is 0. The molecule has 0 radical (unpaired) electrons. The van der Waals surface area contributed by atoms with E-state index in [0.717, 1.165) is 23.0 Å². The number of aryl methyl sites for hydroxylation is 2. The summed E-state index contributed by atoms with van der Waals surface area (Å²) in [5, 5.41) is 5.90. The third-order valence-electron chi connectivity index (χ3n) is 4.05. The number of nitrogens with one attached hydrogen (secondary N) is 3. The second-order valence-corrected chi connectivity index (χ2v) is 8.58. The van der Waals surface area contributed by atoms with Gasteiger partial charge >= 0.3 is 0 Å². The van der Waals surface area contributed by atoms with Crippen LogP contribution in [0.5, 0.6) is 0 Å². The van der Waals surface area contributed by atoms with Crippen molar-refractivity contribution in [3.05, 3.63) is 65.6 Å². The van der Waals surface area contributed by atoms with Gasteiger partial charge in [0.25, 0.3) is 0 Å². The van der Waals surface area contributed by atoms with E-state index >= 15 is 0 Å². The molecular weight excluding hydrogens is 393 g/mol. The highest BCUT2D eigenvalue weighted by atomic mass is 32.2. The van der Waals surface area contributed by atoms with Gasteiger partial charge in [-0.1, -0.05) is 18.2 Å². The van der Waals surface area contributed by atoms with E-state index in [2.05, 4.69) is 25.3 Å². The van der Waals surface area contributed by atoms with Crippen LogP contribution in [0.25, 0.3) is 0 Å². The minimum Gasteiger partial charge on any atom is -0.336 e. The smallest absolute Gasteiger partial charge is 0.232 e. The zero-order valence-electron chi connectivity index (χ0n) is 16.3. The van der Waals surface area contributed by atoms with Crippen LogP contribution in [0.3, 0.4) is 0 Å². The Morgan fingerprint density at radius 3 is 2.31 bits per heavy atom. The van der Waals surface area contributed by atoms with Gasteiger partial charge in [0.05, 0.1) is 23.3 Å². The summed E-state index contributed by atoms with van der Waals surface area (Å²) in [6.07, 6.45) is 1.05. The molecule has 3 aromatic rings. The second-order valence-electron chi connectivity index (χ2n) is 6.57. The molecule has 9 heteroatoms. The van der Waals surface area contributed by atoms with Crippen molar-refractivity contribution in [3.63, 3.8) is 0 Å². The molecule has 0 saturated heterocycles. The molecule has 1 aromatic heterocycles. The Labute approximate surface area is 169 Å². The van der Waals surface area contributed by atoms with Crippen LogP contribution < -0.4 is 15.4 Å². The number of para-hydroxylation sites is 2. The predicted molar refractivity (Wildman–Crippen MR) is 114 cm³/mol. The largest absolute Gasteiger partial charge is 0.336 e. The maximum atomic E-state index is 14.3. The third kappa shape index (κ3) is 5.41. The predicted octanol–water partition coefficient (Wildman–Crippen LogP) is 4.48. The first-order valence-electron chi connectivity index (χ1n) is 9.00. The lowest BCUT2D eigenvalue weighted by molar-refractivity contribution is 0.602. The van der Waals surface area contributed by atoms with Crippen LogP contribution in [0.15, 0.2) is 48.7 Å². The third-order valence-corrected chi connectivity index (χ3v) is 5.34. The fourth-order valence-electron chi connectivity index (χ4n) is 2.74. The number of anilines is 5. The molecule has 3 rings (SSSR count). The van der Waals surface area contributed by atoms with E-state index in [9.17, 15) is 12.8 Å². The SMILES string of the molecule is CCS(=O)(=O)Nc1ccccc1Nc1nc(Nc2cc(C)cc(C)c2)ncc1F. The van der Waals surface area contributed by atoms with Crippen molar-refractivity contribution in [1.82, 2.24) is 9.97 Å². The number of hydrogen-bond acceptors (Lipinski definition) is 6. The van der Waals surface area contributed by atoms with Crippen LogP contribution in [0.1, 0.15) is 18.1 Å². The van der Waals surface area contributed by atoms with Crippen LogP contribution in [0.2, 0.25) is 0 Å². The molecule has 0 saturated carbocycles. The highest BCUT2D eigenvalue weighted by Gasteiger charge is 2.13. The van der Waals surface area contributed by atoms with Crippen molar-refractivity contribution < 1.29 is 12.8 Å². The van der Waals surface area contributed by atoms with Gasteiger partial charge in [-0.3, -0.25) is 4.72 Å². The number of nitrogens with zero attached hydrogens (tertiary/aromatic N) is 2. The van der Waals surface area contributed by atoms with Gasteiger partial charge in [0, 0.05) is 5.69 Å². The quantitative estimate of drug-likeness (QED) is 0.526. The normalized spacial score (nSPS) is 11.2. The van der Waals surface area contributed by atoms with Crippen molar-refractivity contribution in [3.8, 4) is 0 Å². The molecule has 0 unspecified atom stereocenters. The van der Waals surface area contributed by atoms with Gasteiger partial charge in [-0.25, -0.2) is 17.8 Å². The molecule has 0 aliphatic rings.